The fourth-order valence-electron chi connectivity index (χ4n) is 13.8. The lowest BCUT2D eigenvalue weighted by Crippen LogP contribution is -2.49. The van der Waals surface area contributed by atoms with Crippen molar-refractivity contribution in [3.63, 3.8) is 0 Å². The number of anilines is 1. The first-order chi connectivity index (χ1) is 54.5. The van der Waals surface area contributed by atoms with E-state index in [4.69, 9.17) is 0 Å². The van der Waals surface area contributed by atoms with Crippen molar-refractivity contribution < 1.29 is 127 Å². The minimum atomic E-state index is -4.75. The number of para-hydroxylation sites is 1. The lowest BCUT2D eigenvalue weighted by atomic mass is 9.81. The minimum Gasteiger partial charge on any atom is -0.328 e. The van der Waals surface area contributed by atoms with Crippen LogP contribution in [0.4, 0.5) is 89.1 Å². The van der Waals surface area contributed by atoms with Crippen LogP contribution < -0.4 is 20.9 Å². The SMILES string of the molecule is CC(=O)[C@@H](CCC(F)(F)F)[C@@H](CCC(F)(F)F)C(=O)N[C@H]1N=C(c2cccc(F)c2)c2cccc(C)c2CC1=O.CC(=O)[C@@H](CCC(F)(F)F)[C@@H](CCC(F)(F)F)C(=O)N[C@H]1N=C(c2ccccc2)c2ccccc2CC1=O.CC(=O)[C@@H](CCC(F)(F)F)[C@@H](CCC(F)(F)F)C(=O)N[C@H]1N=C(c2ccccc2)c2ccccc2N(C)C1=O. The van der Waals surface area contributed by atoms with Gasteiger partial charge in [0.2, 0.25) is 23.9 Å². The maximum absolute atomic E-state index is 14.1. The molecule has 117 heavy (non-hydrogen) atoms. The predicted molar refractivity (Wildman–Crippen MR) is 392 cm³/mol. The number of hydrogen-bond acceptors (Lipinski definition) is 12. The predicted octanol–water partition coefficient (Wildman–Crippen LogP) is 17.1. The van der Waals surface area contributed by atoms with Gasteiger partial charge in [0.25, 0.3) is 5.91 Å². The van der Waals surface area contributed by atoms with E-state index in [0.29, 0.717) is 61.6 Å². The summed E-state index contributed by atoms with van der Waals surface area (Å²) in [5.74, 6) is -18.8. The Balaban J connectivity index is 0.000000243. The van der Waals surface area contributed by atoms with E-state index < -0.39 is 226 Å². The molecule has 3 N–H and O–H groups in total. The van der Waals surface area contributed by atoms with E-state index in [1.54, 1.807) is 134 Å². The molecule has 3 heterocycles. The monoisotopic (exact) mass is 1670 g/mol. The van der Waals surface area contributed by atoms with E-state index in [9.17, 15) is 127 Å². The van der Waals surface area contributed by atoms with Gasteiger partial charge in [-0.1, -0.05) is 133 Å². The molecule has 6 aromatic carbocycles. The fourth-order valence-corrected chi connectivity index (χ4v) is 13.8. The maximum atomic E-state index is 14.1. The number of fused-ring (bicyclic) bond motifs is 3. The van der Waals surface area contributed by atoms with Crippen molar-refractivity contribution in [2.45, 2.75) is 173 Å². The number of hydrogen-bond donors (Lipinski definition) is 3. The van der Waals surface area contributed by atoms with Gasteiger partial charge in [-0.3, -0.25) is 53.1 Å². The van der Waals surface area contributed by atoms with E-state index in [0.717, 1.165) is 26.8 Å². The molecule has 0 radical (unpaired) electrons. The van der Waals surface area contributed by atoms with Gasteiger partial charge in [-0.25, -0.2) is 9.38 Å². The third-order valence-corrected chi connectivity index (χ3v) is 19.6. The first-order valence-corrected chi connectivity index (χ1v) is 36.5. The lowest BCUT2D eigenvalue weighted by molar-refractivity contribution is -0.152. The minimum absolute atomic E-state index is 0.140. The molecule has 0 aromatic heterocycles. The molecule has 0 saturated carbocycles. The standard InChI is InChI=1S/C28H27F7N2O3.C27H27F6N3O3.C27H26F6N2O3/c1-15-5-3-8-20-22(15)14-23(39)25(36-24(20)17-6-4-7-18(29)13-17)37-26(40)21(10-12-28(33,34)35)19(16(2)38)9-11-27(30,31)32;1-16(37)18(12-14-26(28,29)30)19(13-15-27(31,32)33)24(38)35-23-25(39)36(2)21-11-7-6-10-20(21)22(34-23)17-8-4-3-5-9-17;1-16(36)19(11-13-26(28,29)30)21(12-14-27(31,32)33)25(38)35-24-22(37)15-18-9-5-6-10-20(18)23(34-24)17-7-3-2-4-8-17/h3-8,13,19,21,25H,9-12,14H2,1-2H3,(H,37,40);3-11,18-19,23H,12-15H2,1-2H3,(H,35,38);2-10,19,21,24H,11-15H2,1H3,(H,35,38)/t19-,21-,25-;18-,19-,23-;19-,21-,24-/m111/s1. The highest BCUT2D eigenvalue weighted by Crippen LogP contribution is 2.39. The number of benzodiazepines with no additional fused rings is 1. The molecule has 9 atom stereocenters. The van der Waals surface area contributed by atoms with Gasteiger partial charge < -0.3 is 20.9 Å². The molecule has 0 unspecified atom stereocenters. The third-order valence-electron chi connectivity index (χ3n) is 19.6. The Labute approximate surface area is 658 Å². The maximum Gasteiger partial charge on any atom is 0.389 e. The molecule has 6 aromatic rings. The van der Waals surface area contributed by atoms with Crippen molar-refractivity contribution in [3.8, 4) is 0 Å². The van der Waals surface area contributed by atoms with Gasteiger partial charge in [-0.05, 0) is 101 Å². The zero-order valence-corrected chi connectivity index (χ0v) is 63.2. The highest BCUT2D eigenvalue weighted by atomic mass is 19.4. The van der Waals surface area contributed by atoms with E-state index in [2.05, 4.69) is 30.9 Å². The number of likely N-dealkylation sites (N-methyl/N-ethyl adjacent to an activating group) is 1. The van der Waals surface area contributed by atoms with Crippen LogP contribution in [0.1, 0.15) is 148 Å². The molecule has 0 aliphatic carbocycles. The Kier molecular flexibility index (Phi) is 31.9. The van der Waals surface area contributed by atoms with Gasteiger partial charge in [0.15, 0.2) is 23.9 Å². The lowest BCUT2D eigenvalue weighted by Gasteiger charge is -2.27. The van der Waals surface area contributed by atoms with Gasteiger partial charge in [0.1, 0.15) is 23.2 Å². The number of nitrogens with zero attached hydrogens (tertiary/aromatic N) is 4. The normalized spacial score (nSPS) is 17.5. The number of aryl methyl sites for hydroxylation is 1. The number of nitrogens with one attached hydrogen (secondary N) is 3. The number of carbonyl (C=O) groups is 9. The summed E-state index contributed by atoms with van der Waals surface area (Å²) < 4.78 is 247. The summed E-state index contributed by atoms with van der Waals surface area (Å²) in [5.41, 5.74) is 6.30. The molecule has 0 spiro atoms. The summed E-state index contributed by atoms with van der Waals surface area (Å²) in [6.07, 6.45) is -47.6. The Morgan fingerprint density at radius 3 is 1.10 bits per heavy atom. The number of carbonyl (C=O) groups excluding carboxylic acids is 9. The molecule has 4 amide bonds. The number of halogens is 19. The summed E-state index contributed by atoms with van der Waals surface area (Å²) in [5, 5.41) is 6.93. The van der Waals surface area contributed by atoms with Crippen LogP contribution >= 0.6 is 0 Å². The van der Waals surface area contributed by atoms with Crippen LogP contribution in [-0.4, -0.2) is 132 Å². The fraction of sp³-hybridized carbons (Fsp3) is 0.415. The number of rotatable bonds is 27. The Hall–Kier alpha value is -10.8. The van der Waals surface area contributed by atoms with E-state index >= 15 is 0 Å². The van der Waals surface area contributed by atoms with Crippen LogP contribution in [0.25, 0.3) is 0 Å². The van der Waals surface area contributed by atoms with E-state index in [-0.39, 0.29) is 24.1 Å². The van der Waals surface area contributed by atoms with Crippen molar-refractivity contribution in [3.05, 3.63) is 208 Å². The summed E-state index contributed by atoms with van der Waals surface area (Å²) in [7, 11) is 1.44. The van der Waals surface area contributed by atoms with Crippen LogP contribution in [-0.2, 0) is 56.0 Å². The molecule has 0 bridgehead atoms. The molecule has 630 valence electrons. The van der Waals surface area contributed by atoms with Gasteiger partial charge >= 0.3 is 37.1 Å². The molecule has 9 rings (SSSR count). The second kappa shape index (κ2) is 39.9. The van der Waals surface area contributed by atoms with Gasteiger partial charge in [-0.2, -0.15) is 79.0 Å². The first kappa shape index (κ1) is 93.4. The smallest absolute Gasteiger partial charge is 0.328 e. The average Bonchev–Trinajstić information content (AvgIpc) is 1.68. The van der Waals surface area contributed by atoms with Gasteiger partial charge in [-0.15, -0.1) is 0 Å². The summed E-state index contributed by atoms with van der Waals surface area (Å²) in [6, 6.07) is 41.5. The number of benzene rings is 6. The van der Waals surface area contributed by atoms with Crippen molar-refractivity contribution in [1.82, 2.24) is 16.0 Å². The third kappa shape index (κ3) is 28.3. The first-order valence-electron chi connectivity index (χ1n) is 36.5. The number of Topliss-reactive ketones (excluding diaryl/α,β-unsaturated/α-hetero) is 5. The highest BCUT2D eigenvalue weighted by molar-refractivity contribution is 6.21. The quantitative estimate of drug-likeness (QED) is 0.0416. The van der Waals surface area contributed by atoms with Gasteiger partial charge in [0.05, 0.1) is 22.8 Å². The second-order valence-electron chi connectivity index (χ2n) is 28.3. The Morgan fingerprint density at radius 2 is 0.701 bits per heavy atom. The number of aliphatic imine (C=N–C) groups is 3. The molecular weight excluding hydrogens is 1590 g/mol. The van der Waals surface area contributed by atoms with Crippen LogP contribution in [0, 0.1) is 48.2 Å². The summed E-state index contributed by atoms with van der Waals surface area (Å²) in [4.78, 5) is 131. The molecule has 0 fully saturated rings. The molecule has 0 saturated heterocycles. The topological polar surface area (TPSA) is 230 Å². The van der Waals surface area contributed by atoms with E-state index in [1.807, 2.05) is 0 Å². The van der Waals surface area contributed by atoms with Crippen LogP contribution in [0.3, 0.4) is 0 Å². The Bertz CT molecular complexity index is 4630. The molecule has 3 aliphatic rings. The number of ketones is 5. The number of amides is 4. The molecule has 16 nitrogen and oxygen atoms in total. The summed E-state index contributed by atoms with van der Waals surface area (Å²) >= 11 is 0. The highest BCUT2D eigenvalue weighted by Gasteiger charge is 2.45. The zero-order chi connectivity index (χ0) is 86.9. The van der Waals surface area contributed by atoms with E-state index in [1.165, 1.54) is 30.1 Å². The summed E-state index contributed by atoms with van der Waals surface area (Å²) in [6.45, 7) is 4.51. The van der Waals surface area contributed by atoms with Crippen molar-refractivity contribution in [2.75, 3.05) is 11.9 Å². The number of alkyl halides is 18. The second-order valence-corrected chi connectivity index (χ2v) is 28.3. The van der Waals surface area contributed by atoms with Crippen LogP contribution in [0.15, 0.2) is 167 Å². The molecule has 3 aliphatic heterocycles. The largest absolute Gasteiger partial charge is 0.389 e. The van der Waals surface area contributed by atoms with Crippen molar-refractivity contribution in [2.24, 2.45) is 50.5 Å². The molecular formula is C82H80F19N7O9. The Morgan fingerprint density at radius 1 is 0.385 bits per heavy atom. The van der Waals surface area contributed by atoms with Crippen molar-refractivity contribution in [1.29, 1.82) is 0 Å². The van der Waals surface area contributed by atoms with Crippen molar-refractivity contribution >= 4 is 75.4 Å². The van der Waals surface area contributed by atoms with Crippen LogP contribution in [0.5, 0.6) is 0 Å². The van der Waals surface area contributed by atoms with Crippen LogP contribution in [0.2, 0.25) is 0 Å². The average molecular weight is 1670 g/mol. The molecule has 35 heteroatoms. The van der Waals surface area contributed by atoms with Gasteiger partial charge in [0, 0.05) is 127 Å². The zero-order valence-electron chi connectivity index (χ0n) is 63.2.